The Morgan fingerprint density at radius 3 is 1.88 bits per heavy atom. The van der Waals surface area contributed by atoms with Crippen molar-refractivity contribution in [3.63, 3.8) is 0 Å². The fourth-order valence-corrected chi connectivity index (χ4v) is 2.93. The first kappa shape index (κ1) is 24.9. The second kappa shape index (κ2) is 12.3. The molecular formula is C20H42N4O2. The lowest BCUT2D eigenvalue weighted by Gasteiger charge is -2.35. The normalized spacial score (nSPS) is 13.3. The predicted molar refractivity (Wildman–Crippen MR) is 109 cm³/mol. The molecule has 0 saturated heterocycles. The van der Waals surface area contributed by atoms with Gasteiger partial charge in [0.05, 0.1) is 0 Å². The van der Waals surface area contributed by atoms with Gasteiger partial charge in [-0.2, -0.15) is 0 Å². The van der Waals surface area contributed by atoms with Crippen molar-refractivity contribution in [3.8, 4) is 0 Å². The molecule has 0 rings (SSSR count). The lowest BCUT2D eigenvalue weighted by Crippen LogP contribution is -2.48. The highest BCUT2D eigenvalue weighted by Crippen LogP contribution is 2.20. The summed E-state index contributed by atoms with van der Waals surface area (Å²) in [6, 6.07) is 0.363. The van der Waals surface area contributed by atoms with E-state index in [2.05, 4.69) is 55.9 Å². The summed E-state index contributed by atoms with van der Waals surface area (Å²) in [6.45, 7) is 16.7. The molecule has 4 N–H and O–H groups in total. The zero-order valence-electron chi connectivity index (χ0n) is 18.1. The van der Waals surface area contributed by atoms with Crippen molar-refractivity contribution in [2.45, 2.75) is 97.7 Å². The molecule has 1 unspecified atom stereocenters. The number of amides is 2. The molecule has 0 fully saturated rings. The Morgan fingerprint density at radius 1 is 0.808 bits per heavy atom. The molecule has 0 aliphatic carbocycles. The Morgan fingerprint density at radius 2 is 1.31 bits per heavy atom. The first-order valence-corrected chi connectivity index (χ1v) is 9.95. The van der Waals surface area contributed by atoms with Gasteiger partial charge in [-0.15, -0.1) is 0 Å². The highest BCUT2D eigenvalue weighted by atomic mass is 16.1. The SMILES string of the molecule is CC(=O)NCCCCNC(C)(C)CCC(C)(C)NC(C)CCNC(C)=O. The summed E-state index contributed by atoms with van der Waals surface area (Å²) in [5.74, 6) is 0.0701. The Kier molecular flexibility index (Phi) is 11.7. The lowest BCUT2D eigenvalue weighted by atomic mass is 9.88. The van der Waals surface area contributed by atoms with Gasteiger partial charge in [-0.1, -0.05) is 0 Å². The molecule has 0 aromatic carbocycles. The zero-order valence-corrected chi connectivity index (χ0v) is 18.1. The molecule has 0 aliphatic rings. The van der Waals surface area contributed by atoms with Gasteiger partial charge in [-0.25, -0.2) is 0 Å². The van der Waals surface area contributed by atoms with E-state index in [1.807, 2.05) is 0 Å². The van der Waals surface area contributed by atoms with Crippen LogP contribution in [-0.2, 0) is 9.59 Å². The van der Waals surface area contributed by atoms with E-state index < -0.39 is 0 Å². The summed E-state index contributed by atoms with van der Waals surface area (Å²) < 4.78 is 0. The molecule has 0 spiro atoms. The molecule has 0 radical (unpaired) electrons. The topological polar surface area (TPSA) is 82.3 Å². The maximum absolute atomic E-state index is 10.9. The standard InChI is InChI=1S/C20H42N4O2/c1-16(10-15-22-18(3)26)24-20(6,7)12-11-19(4,5)23-14-9-8-13-21-17(2)25/h16,23-24H,8-15H2,1-7H3,(H,21,25)(H,22,26). The molecule has 6 nitrogen and oxygen atoms in total. The molecule has 154 valence electrons. The number of rotatable bonds is 14. The third kappa shape index (κ3) is 15.1. The second-order valence-corrected chi connectivity index (χ2v) is 8.70. The Balaban J connectivity index is 4.01. The summed E-state index contributed by atoms with van der Waals surface area (Å²) in [5, 5.41) is 13.0. The maximum atomic E-state index is 10.9. The van der Waals surface area contributed by atoms with Crippen molar-refractivity contribution in [3.05, 3.63) is 0 Å². The number of nitrogens with one attached hydrogen (secondary N) is 4. The molecule has 0 aromatic heterocycles. The molecule has 1 atom stereocenters. The van der Waals surface area contributed by atoms with Gasteiger partial charge in [-0.05, 0) is 73.3 Å². The van der Waals surface area contributed by atoms with Crippen LogP contribution in [0.15, 0.2) is 0 Å². The van der Waals surface area contributed by atoms with Crippen molar-refractivity contribution < 1.29 is 9.59 Å². The van der Waals surface area contributed by atoms with Crippen LogP contribution < -0.4 is 21.3 Å². The molecule has 2 amide bonds. The minimum absolute atomic E-state index is 0.0290. The molecule has 0 aliphatic heterocycles. The summed E-state index contributed by atoms with van der Waals surface area (Å²) in [6.07, 6.45) is 5.15. The molecule has 0 bridgehead atoms. The number of carbonyl (C=O) groups is 2. The van der Waals surface area contributed by atoms with Crippen LogP contribution in [0.2, 0.25) is 0 Å². The van der Waals surface area contributed by atoms with Crippen LogP contribution in [0.3, 0.4) is 0 Å². The smallest absolute Gasteiger partial charge is 0.216 e. The van der Waals surface area contributed by atoms with Crippen molar-refractivity contribution >= 4 is 11.8 Å². The van der Waals surface area contributed by atoms with Gasteiger partial charge in [0, 0.05) is 44.1 Å². The Labute approximate surface area is 160 Å². The summed E-state index contributed by atoms with van der Waals surface area (Å²) in [5.41, 5.74) is 0.145. The minimum atomic E-state index is 0.0290. The first-order valence-electron chi connectivity index (χ1n) is 9.95. The summed E-state index contributed by atoms with van der Waals surface area (Å²) in [4.78, 5) is 21.8. The molecular weight excluding hydrogens is 328 g/mol. The zero-order chi connectivity index (χ0) is 20.2. The minimum Gasteiger partial charge on any atom is -0.356 e. The van der Waals surface area contributed by atoms with Crippen molar-refractivity contribution in [2.75, 3.05) is 19.6 Å². The highest BCUT2D eigenvalue weighted by Gasteiger charge is 2.24. The van der Waals surface area contributed by atoms with Gasteiger partial charge in [0.1, 0.15) is 0 Å². The number of hydrogen-bond acceptors (Lipinski definition) is 4. The quantitative estimate of drug-likeness (QED) is 0.354. The van der Waals surface area contributed by atoms with Gasteiger partial charge in [0.15, 0.2) is 0 Å². The van der Waals surface area contributed by atoms with Gasteiger partial charge in [0.2, 0.25) is 11.8 Å². The predicted octanol–water partition coefficient (Wildman–Crippen LogP) is 2.33. The average Bonchev–Trinajstić information content (AvgIpc) is 2.48. The molecule has 0 heterocycles. The van der Waals surface area contributed by atoms with E-state index in [1.165, 1.54) is 0 Å². The molecule has 0 aromatic rings. The maximum Gasteiger partial charge on any atom is 0.216 e. The van der Waals surface area contributed by atoms with Crippen molar-refractivity contribution in [1.82, 2.24) is 21.3 Å². The van der Waals surface area contributed by atoms with E-state index in [4.69, 9.17) is 0 Å². The molecule has 26 heavy (non-hydrogen) atoms. The van der Waals surface area contributed by atoms with Gasteiger partial charge >= 0.3 is 0 Å². The fraction of sp³-hybridized carbons (Fsp3) is 0.900. The Hall–Kier alpha value is -1.14. The second-order valence-electron chi connectivity index (χ2n) is 8.70. The van der Waals surface area contributed by atoms with Gasteiger partial charge in [-0.3, -0.25) is 9.59 Å². The van der Waals surface area contributed by atoms with E-state index >= 15 is 0 Å². The van der Waals surface area contributed by atoms with Crippen LogP contribution in [0, 0.1) is 0 Å². The van der Waals surface area contributed by atoms with Crippen LogP contribution >= 0.6 is 0 Å². The van der Waals surface area contributed by atoms with Crippen LogP contribution in [0.25, 0.3) is 0 Å². The van der Waals surface area contributed by atoms with Crippen LogP contribution in [-0.4, -0.2) is 48.6 Å². The highest BCUT2D eigenvalue weighted by molar-refractivity contribution is 5.73. The molecule has 0 saturated carbocycles. The van der Waals surface area contributed by atoms with E-state index in [9.17, 15) is 9.59 Å². The third-order valence-electron chi connectivity index (χ3n) is 4.54. The van der Waals surface area contributed by atoms with Crippen molar-refractivity contribution in [2.24, 2.45) is 0 Å². The number of carbonyl (C=O) groups excluding carboxylic acids is 2. The molecule has 6 heteroatoms. The van der Waals surface area contributed by atoms with Crippen LogP contribution in [0.4, 0.5) is 0 Å². The number of hydrogen-bond donors (Lipinski definition) is 4. The Bertz CT molecular complexity index is 422. The van der Waals surface area contributed by atoms with Gasteiger partial charge < -0.3 is 21.3 Å². The first-order chi connectivity index (χ1) is 11.9. The van der Waals surface area contributed by atoms with Crippen LogP contribution in [0.1, 0.15) is 80.6 Å². The third-order valence-corrected chi connectivity index (χ3v) is 4.54. The van der Waals surface area contributed by atoms with Crippen LogP contribution in [0.5, 0.6) is 0 Å². The van der Waals surface area contributed by atoms with E-state index in [0.717, 1.165) is 45.2 Å². The van der Waals surface area contributed by atoms with Crippen molar-refractivity contribution in [1.29, 1.82) is 0 Å². The average molecular weight is 371 g/mol. The fourth-order valence-electron chi connectivity index (χ4n) is 2.93. The van der Waals surface area contributed by atoms with E-state index in [0.29, 0.717) is 12.6 Å². The van der Waals surface area contributed by atoms with E-state index in [-0.39, 0.29) is 22.9 Å². The lowest BCUT2D eigenvalue weighted by molar-refractivity contribution is -0.119. The number of unbranched alkanes of at least 4 members (excludes halogenated alkanes) is 1. The van der Waals surface area contributed by atoms with E-state index in [1.54, 1.807) is 13.8 Å². The monoisotopic (exact) mass is 370 g/mol. The summed E-state index contributed by atoms with van der Waals surface area (Å²) >= 11 is 0. The summed E-state index contributed by atoms with van der Waals surface area (Å²) in [7, 11) is 0. The van der Waals surface area contributed by atoms with Gasteiger partial charge in [0.25, 0.3) is 0 Å². The largest absolute Gasteiger partial charge is 0.356 e.